The van der Waals surface area contributed by atoms with E-state index in [9.17, 15) is 18.8 Å². The zero-order valence-electron chi connectivity index (χ0n) is 6.00. The van der Waals surface area contributed by atoms with E-state index in [-0.39, 0.29) is 0 Å². The Kier molecular flexibility index (Phi) is 2.81. The topological polar surface area (TPSA) is 122 Å². The van der Waals surface area contributed by atoms with Crippen molar-refractivity contribution >= 4 is 5.91 Å². The minimum atomic E-state index is -4.61. The average molecular weight is 186 g/mol. The lowest BCUT2D eigenvalue weighted by Gasteiger charge is -2.20. The van der Waals surface area contributed by atoms with Crippen molar-refractivity contribution in [3.63, 3.8) is 0 Å². The minimum absolute atomic E-state index is 1.02. The van der Waals surface area contributed by atoms with Crippen molar-refractivity contribution in [1.29, 1.82) is 0 Å². The van der Waals surface area contributed by atoms with Crippen LogP contribution in [0.4, 0.5) is 0 Å². The van der Waals surface area contributed by atoms with Crippen LogP contribution in [0.25, 0.3) is 0 Å². The highest BCUT2D eigenvalue weighted by molar-refractivity contribution is 5.82. The Morgan fingerprint density at radius 1 is 1.45 bits per heavy atom. The predicted octanol–water partition coefficient (Wildman–Crippen LogP) is -3.84. The smallest absolute Gasteiger partial charge is 0.294 e. The van der Waals surface area contributed by atoms with Gasteiger partial charge in [0.2, 0.25) is 0 Å². The third-order valence-corrected chi connectivity index (χ3v) is 1.46. The van der Waals surface area contributed by atoms with Gasteiger partial charge in [0.05, 0.1) is 14.5 Å². The zero-order chi connectivity index (χ0) is 9.28. The Balaban J connectivity index is 4.25. The Bertz CT molecular complexity index is 162. The summed E-state index contributed by atoms with van der Waals surface area (Å²) in [4.78, 5) is 10.4. The third kappa shape index (κ3) is 4.12. The van der Waals surface area contributed by atoms with Gasteiger partial charge in [0.25, 0.3) is 11.5 Å². The van der Waals surface area contributed by atoms with Gasteiger partial charge in [0.1, 0.15) is 0 Å². The van der Waals surface area contributed by atoms with Crippen LogP contribution in [0.1, 0.15) is 13.8 Å². The van der Waals surface area contributed by atoms with Crippen LogP contribution in [-0.2, 0) is 9.08 Å². The molecular weight excluding hydrogens is 177 g/mol. The van der Waals surface area contributed by atoms with E-state index >= 15 is 0 Å². The number of halogens is 1. The summed E-state index contributed by atoms with van der Waals surface area (Å²) in [5.74, 6) is -1.02. The third-order valence-electron chi connectivity index (χ3n) is 0.881. The van der Waals surface area contributed by atoms with Crippen LogP contribution in [0, 0.1) is 10.2 Å². The molecule has 0 rings (SSSR count). The van der Waals surface area contributed by atoms with Crippen molar-refractivity contribution in [2.75, 3.05) is 0 Å². The van der Waals surface area contributed by atoms with Crippen LogP contribution < -0.4 is 19.7 Å². The highest BCUT2D eigenvalue weighted by atomic mass is 35.7. The molecule has 6 nitrogen and oxygen atoms in total. The summed E-state index contributed by atoms with van der Waals surface area (Å²) in [6.07, 6.45) is 0. The quantitative estimate of drug-likeness (QED) is 0.483. The van der Waals surface area contributed by atoms with E-state index in [0.29, 0.717) is 0 Å². The van der Waals surface area contributed by atoms with Gasteiger partial charge in [-0.15, -0.1) is 0 Å². The monoisotopic (exact) mass is 185 g/mol. The molecule has 0 atom stereocenters. The molecule has 0 spiro atoms. The Morgan fingerprint density at radius 3 is 1.91 bits per heavy atom. The molecule has 0 aliphatic carbocycles. The molecule has 0 heterocycles. The number of rotatable bonds is 3. The number of primary amides is 1. The summed E-state index contributed by atoms with van der Waals surface area (Å²) in [7, 11) is -4.61. The summed E-state index contributed by atoms with van der Waals surface area (Å²) in [5.41, 5.74) is 2.92. The largest absolute Gasteiger partial charge is 0.367 e. The van der Waals surface area contributed by atoms with Crippen LogP contribution in [-0.4, -0.2) is 11.5 Å². The summed E-state index contributed by atoms with van der Waals surface area (Å²) >= 11 is 0. The Morgan fingerprint density at radius 2 is 1.82 bits per heavy atom. The number of nitrogens with two attached hydrogens (primary N) is 1. The SMILES string of the molecule is CC(C)(O[Cl+3]([O-])([O-])[O-])C(N)=O. The predicted molar refractivity (Wildman–Crippen MR) is 24.4 cm³/mol. The highest BCUT2D eigenvalue weighted by Gasteiger charge is 2.42. The number of carbonyl (C=O) groups excluding carboxylic acids is 1. The first-order chi connectivity index (χ1) is 4.65. The number of amides is 1. The van der Waals surface area contributed by atoms with Crippen LogP contribution in [0.15, 0.2) is 0 Å². The van der Waals surface area contributed by atoms with Gasteiger partial charge in [-0.3, -0.25) is 4.79 Å². The molecule has 11 heavy (non-hydrogen) atoms. The molecular formula is C4H8ClNO5. The molecule has 0 aliphatic rings. The first-order valence-electron chi connectivity index (χ1n) is 2.56. The van der Waals surface area contributed by atoms with Crippen molar-refractivity contribution in [1.82, 2.24) is 0 Å². The maximum Gasteiger partial charge on any atom is 0.294 e. The maximum absolute atomic E-state index is 10.4. The van der Waals surface area contributed by atoms with E-state index in [1.807, 2.05) is 0 Å². The number of carbonyl (C=O) groups is 1. The highest BCUT2D eigenvalue weighted by Crippen LogP contribution is 2.11. The Hall–Kier alpha value is -0.400. The van der Waals surface area contributed by atoms with Gasteiger partial charge in [0.15, 0.2) is 0 Å². The molecule has 0 bridgehead atoms. The van der Waals surface area contributed by atoms with E-state index in [0.717, 1.165) is 13.8 Å². The van der Waals surface area contributed by atoms with Crippen molar-refractivity contribution in [3.05, 3.63) is 0 Å². The molecule has 7 heteroatoms. The number of hydrogen-bond acceptors (Lipinski definition) is 5. The van der Waals surface area contributed by atoms with Gasteiger partial charge < -0.3 is 5.73 Å². The normalized spacial score (nSPS) is 13.2. The lowest BCUT2D eigenvalue weighted by Crippen LogP contribution is -2.65. The molecule has 0 aromatic carbocycles. The first kappa shape index (κ1) is 10.6. The van der Waals surface area contributed by atoms with E-state index < -0.39 is 21.8 Å². The first-order valence-corrected chi connectivity index (χ1v) is 3.80. The summed E-state index contributed by atoms with van der Waals surface area (Å²) in [6.45, 7) is 2.16. The summed E-state index contributed by atoms with van der Waals surface area (Å²) < 4.78 is 33.6. The Labute approximate surface area is 65.3 Å². The summed E-state index contributed by atoms with van der Waals surface area (Å²) in [6, 6.07) is 0. The van der Waals surface area contributed by atoms with Crippen molar-refractivity contribution in [2.45, 2.75) is 19.4 Å². The van der Waals surface area contributed by atoms with Gasteiger partial charge in [-0.25, -0.2) is 0 Å². The zero-order valence-corrected chi connectivity index (χ0v) is 6.75. The van der Waals surface area contributed by atoms with E-state index in [4.69, 9.17) is 5.73 Å². The standard InChI is InChI=1S/C4H8ClNO5/c1-4(2,3(6)7)11-5(8,9)10/h1-2H3,(H2,6,7). The lowest BCUT2D eigenvalue weighted by molar-refractivity contribution is -1.92. The molecule has 0 saturated heterocycles. The van der Waals surface area contributed by atoms with Gasteiger partial charge in [-0.05, 0) is 13.8 Å². The van der Waals surface area contributed by atoms with Crippen molar-refractivity contribution < 1.29 is 33.3 Å². The second-order valence-corrected chi connectivity index (χ2v) is 3.24. The van der Waals surface area contributed by atoms with Gasteiger partial charge in [-0.2, -0.15) is 14.0 Å². The second kappa shape index (κ2) is 2.92. The molecule has 0 radical (unpaired) electrons. The molecule has 1 amide bonds. The number of hydrogen-bond donors (Lipinski definition) is 1. The fraction of sp³-hybridized carbons (Fsp3) is 0.750. The fourth-order valence-electron chi connectivity index (χ4n) is 0.274. The molecule has 0 aromatic rings. The molecule has 2 N–H and O–H groups in total. The lowest BCUT2D eigenvalue weighted by atomic mass is 10.1. The average Bonchev–Trinajstić information content (AvgIpc) is 1.56. The maximum atomic E-state index is 10.4. The van der Waals surface area contributed by atoms with Crippen molar-refractivity contribution in [3.8, 4) is 0 Å². The van der Waals surface area contributed by atoms with Gasteiger partial charge in [-0.1, -0.05) is 0 Å². The minimum Gasteiger partial charge on any atom is -0.367 e. The van der Waals surface area contributed by atoms with Gasteiger partial charge >= 0.3 is 0 Å². The molecule has 0 aliphatic heterocycles. The van der Waals surface area contributed by atoms with Crippen LogP contribution in [0.2, 0.25) is 0 Å². The second-order valence-electron chi connectivity index (χ2n) is 2.33. The molecule has 0 unspecified atom stereocenters. The van der Waals surface area contributed by atoms with E-state index in [1.54, 1.807) is 0 Å². The van der Waals surface area contributed by atoms with Crippen LogP contribution in [0.3, 0.4) is 0 Å². The molecule has 0 fully saturated rings. The molecule has 66 valence electrons. The van der Waals surface area contributed by atoms with Crippen molar-refractivity contribution in [2.24, 2.45) is 5.73 Å². The van der Waals surface area contributed by atoms with E-state index in [1.165, 1.54) is 0 Å². The van der Waals surface area contributed by atoms with Crippen LogP contribution in [0.5, 0.6) is 0 Å². The molecule has 0 saturated carbocycles. The fourth-order valence-corrected chi connectivity index (χ4v) is 0.823. The van der Waals surface area contributed by atoms with Crippen LogP contribution >= 0.6 is 0 Å². The van der Waals surface area contributed by atoms with Gasteiger partial charge in [0, 0.05) is 0 Å². The van der Waals surface area contributed by atoms with E-state index in [2.05, 4.69) is 4.29 Å². The molecule has 0 aromatic heterocycles. The summed E-state index contributed by atoms with van der Waals surface area (Å²) in [5, 5.41) is 0.